The number of alkyl halides is 1. The number of hydrogen-bond donors (Lipinski definition) is 0. The van der Waals surface area contributed by atoms with Gasteiger partial charge in [-0.15, -0.1) is 11.6 Å². The van der Waals surface area contributed by atoms with E-state index in [1.54, 1.807) is 0 Å². The summed E-state index contributed by atoms with van der Waals surface area (Å²) in [5.74, 6) is 0.666. The minimum Gasteiger partial charge on any atom is -0.379 e. The zero-order valence-electron chi connectivity index (χ0n) is 19.4. The van der Waals surface area contributed by atoms with Gasteiger partial charge in [0, 0.05) is 32.2 Å². The fourth-order valence-electron chi connectivity index (χ4n) is 3.42. The van der Waals surface area contributed by atoms with Gasteiger partial charge in [0.1, 0.15) is 0 Å². The van der Waals surface area contributed by atoms with Crippen LogP contribution in [0.15, 0.2) is 0 Å². The van der Waals surface area contributed by atoms with Gasteiger partial charge in [-0.3, -0.25) is 0 Å². The first-order valence-electron chi connectivity index (χ1n) is 12.2. The Bertz CT molecular complexity index is 292. The molecule has 0 radical (unpaired) electrons. The summed E-state index contributed by atoms with van der Waals surface area (Å²) in [5, 5.41) is 0. The summed E-state index contributed by atoms with van der Waals surface area (Å²) in [6.45, 7) is 8.74. The molecule has 3 nitrogen and oxygen atoms in total. The van der Waals surface area contributed by atoms with Crippen molar-refractivity contribution in [3.63, 3.8) is 0 Å². The molecule has 4 heteroatoms. The van der Waals surface area contributed by atoms with Crippen molar-refractivity contribution >= 4 is 11.6 Å². The van der Waals surface area contributed by atoms with Crippen LogP contribution in [0.1, 0.15) is 104 Å². The average Bonchev–Trinajstić information content (AvgIpc) is 2.68. The Morgan fingerprint density at radius 2 is 1.21 bits per heavy atom. The number of likely N-dealkylation sites (N-methyl/N-ethyl adjacent to an activating group) is 1. The molecule has 0 rings (SSSR count). The van der Waals surface area contributed by atoms with E-state index in [1.165, 1.54) is 83.5 Å². The maximum atomic E-state index is 6.10. The van der Waals surface area contributed by atoms with Crippen molar-refractivity contribution in [1.29, 1.82) is 0 Å². The Kier molecular flexibility index (Phi) is 23.6. The zero-order valence-corrected chi connectivity index (χ0v) is 20.1. The smallest absolute Gasteiger partial charge is 0.0934 e. The Labute approximate surface area is 181 Å². The largest absolute Gasteiger partial charge is 0.379 e. The zero-order chi connectivity index (χ0) is 20.7. The summed E-state index contributed by atoms with van der Waals surface area (Å²) >= 11 is 5.86. The lowest BCUT2D eigenvalue weighted by atomic mass is 10.1. The summed E-state index contributed by atoms with van der Waals surface area (Å²) in [6, 6.07) is 0. The van der Waals surface area contributed by atoms with E-state index in [4.69, 9.17) is 21.1 Å². The molecule has 0 aliphatic carbocycles. The first kappa shape index (κ1) is 28.2. The molecule has 170 valence electrons. The molecule has 1 atom stereocenters. The molecule has 0 spiro atoms. The van der Waals surface area contributed by atoms with E-state index in [-0.39, 0.29) is 6.10 Å². The predicted octanol–water partition coefficient (Wildman–Crippen LogP) is 7.06. The first-order valence-corrected chi connectivity index (χ1v) is 12.7. The van der Waals surface area contributed by atoms with Crippen LogP contribution in [0.25, 0.3) is 0 Å². The van der Waals surface area contributed by atoms with Crippen LogP contribution in [0.4, 0.5) is 0 Å². The van der Waals surface area contributed by atoms with Crippen LogP contribution in [-0.2, 0) is 9.47 Å². The van der Waals surface area contributed by atoms with Gasteiger partial charge in [-0.25, -0.2) is 0 Å². The Morgan fingerprint density at radius 3 is 1.79 bits per heavy atom. The van der Waals surface area contributed by atoms with Crippen molar-refractivity contribution in [1.82, 2.24) is 4.90 Å². The van der Waals surface area contributed by atoms with Gasteiger partial charge in [0.15, 0.2) is 0 Å². The van der Waals surface area contributed by atoms with Crippen LogP contribution in [0.5, 0.6) is 0 Å². The number of halogens is 1. The minimum atomic E-state index is 0.165. The van der Waals surface area contributed by atoms with Gasteiger partial charge in [-0.05, 0) is 19.9 Å². The fraction of sp³-hybridized carbons (Fsp3) is 1.00. The second-order valence-electron chi connectivity index (χ2n) is 8.26. The highest BCUT2D eigenvalue weighted by Crippen LogP contribution is 2.10. The van der Waals surface area contributed by atoms with E-state index >= 15 is 0 Å². The van der Waals surface area contributed by atoms with Crippen molar-refractivity contribution in [2.24, 2.45) is 0 Å². The van der Waals surface area contributed by atoms with Crippen LogP contribution in [-0.4, -0.2) is 56.8 Å². The third-order valence-electron chi connectivity index (χ3n) is 5.28. The van der Waals surface area contributed by atoms with Crippen molar-refractivity contribution in [2.45, 2.75) is 110 Å². The molecule has 1 unspecified atom stereocenters. The molecule has 0 saturated carbocycles. The number of ether oxygens (including phenoxy) is 2. The molecular formula is C24H50ClNO2. The van der Waals surface area contributed by atoms with Gasteiger partial charge >= 0.3 is 0 Å². The highest BCUT2D eigenvalue weighted by molar-refractivity contribution is 6.18. The molecule has 0 fully saturated rings. The Hall–Kier alpha value is 0.170. The van der Waals surface area contributed by atoms with E-state index in [2.05, 4.69) is 25.8 Å². The van der Waals surface area contributed by atoms with Crippen LogP contribution < -0.4 is 0 Å². The average molecular weight is 420 g/mol. The number of hydrogen-bond acceptors (Lipinski definition) is 3. The van der Waals surface area contributed by atoms with Crippen molar-refractivity contribution in [2.75, 3.05) is 45.8 Å². The Morgan fingerprint density at radius 1 is 0.714 bits per heavy atom. The third kappa shape index (κ3) is 20.9. The second-order valence-corrected chi connectivity index (χ2v) is 8.64. The SMILES string of the molecule is CCCCCCCCCCCCOCC(CN(C)CCCl)OCCCCCC. The molecule has 0 amide bonds. The molecule has 0 aromatic carbocycles. The van der Waals surface area contributed by atoms with Gasteiger partial charge in [-0.2, -0.15) is 0 Å². The normalized spacial score (nSPS) is 12.8. The summed E-state index contributed by atoms with van der Waals surface area (Å²) in [4.78, 5) is 2.24. The van der Waals surface area contributed by atoms with Gasteiger partial charge < -0.3 is 14.4 Å². The molecule has 0 bridgehead atoms. The summed E-state index contributed by atoms with van der Waals surface area (Å²) in [6.07, 6.45) is 18.8. The molecule has 0 N–H and O–H groups in total. The van der Waals surface area contributed by atoms with Crippen LogP contribution in [0.2, 0.25) is 0 Å². The van der Waals surface area contributed by atoms with Crippen LogP contribution in [0, 0.1) is 0 Å². The van der Waals surface area contributed by atoms with Crippen LogP contribution >= 0.6 is 11.6 Å². The summed E-state index contributed by atoms with van der Waals surface area (Å²) in [7, 11) is 2.11. The highest BCUT2D eigenvalue weighted by Gasteiger charge is 2.12. The van der Waals surface area contributed by atoms with Gasteiger partial charge in [-0.1, -0.05) is 90.9 Å². The van der Waals surface area contributed by atoms with E-state index in [1.807, 2.05) is 0 Å². The van der Waals surface area contributed by atoms with Gasteiger partial charge in [0.25, 0.3) is 0 Å². The standard InChI is InChI=1S/C24H50ClNO2/c1-4-6-8-10-11-12-13-14-15-16-20-27-23-24(22-26(3)19-18-25)28-21-17-9-7-5-2/h24H,4-23H2,1-3H3. The molecule has 0 heterocycles. The molecule has 0 aliphatic rings. The minimum absolute atomic E-state index is 0.165. The van der Waals surface area contributed by atoms with E-state index in [0.717, 1.165) is 32.7 Å². The maximum Gasteiger partial charge on any atom is 0.0934 e. The van der Waals surface area contributed by atoms with Gasteiger partial charge in [0.05, 0.1) is 12.7 Å². The summed E-state index contributed by atoms with van der Waals surface area (Å²) in [5.41, 5.74) is 0. The monoisotopic (exact) mass is 419 g/mol. The van der Waals surface area contributed by atoms with E-state index < -0.39 is 0 Å². The second kappa shape index (κ2) is 23.4. The maximum absolute atomic E-state index is 6.10. The summed E-state index contributed by atoms with van der Waals surface area (Å²) < 4.78 is 12.0. The quantitative estimate of drug-likeness (QED) is 0.131. The fourth-order valence-corrected chi connectivity index (χ4v) is 3.71. The van der Waals surface area contributed by atoms with Crippen molar-refractivity contribution < 1.29 is 9.47 Å². The lowest BCUT2D eigenvalue weighted by Crippen LogP contribution is -2.35. The molecule has 0 aliphatic heterocycles. The van der Waals surface area contributed by atoms with Crippen LogP contribution in [0.3, 0.4) is 0 Å². The number of unbranched alkanes of at least 4 members (excludes halogenated alkanes) is 12. The number of nitrogens with zero attached hydrogens (tertiary/aromatic N) is 1. The molecule has 0 aromatic rings. The molecular weight excluding hydrogens is 370 g/mol. The highest BCUT2D eigenvalue weighted by atomic mass is 35.5. The topological polar surface area (TPSA) is 21.7 Å². The lowest BCUT2D eigenvalue weighted by Gasteiger charge is -2.24. The Balaban J connectivity index is 3.67. The van der Waals surface area contributed by atoms with E-state index in [9.17, 15) is 0 Å². The number of rotatable bonds is 23. The molecule has 28 heavy (non-hydrogen) atoms. The van der Waals surface area contributed by atoms with Crippen molar-refractivity contribution in [3.05, 3.63) is 0 Å². The predicted molar refractivity (Wildman–Crippen MR) is 125 cm³/mol. The third-order valence-corrected chi connectivity index (χ3v) is 5.45. The van der Waals surface area contributed by atoms with Crippen molar-refractivity contribution in [3.8, 4) is 0 Å². The molecule has 0 saturated heterocycles. The van der Waals surface area contributed by atoms with E-state index in [0.29, 0.717) is 12.5 Å². The van der Waals surface area contributed by atoms with Gasteiger partial charge in [0.2, 0.25) is 0 Å². The molecule has 0 aromatic heterocycles. The lowest BCUT2D eigenvalue weighted by molar-refractivity contribution is -0.0307. The first-order chi connectivity index (χ1) is 13.7.